The van der Waals surface area contributed by atoms with Crippen LogP contribution in [-0.4, -0.2) is 37.1 Å². The standard InChI is InChI=1S/C11H20N2/c1-2-4-9-13(8-3-1)11-6-5-7-12-10-11/h5-6,11-12H,1-4,7-10H2. The normalized spacial score (nSPS) is 31.5. The van der Waals surface area contributed by atoms with Crippen LogP contribution in [0.2, 0.25) is 0 Å². The SMILES string of the molecule is C1=CC(N2CCCCCC2)CNC1. The molecule has 0 saturated carbocycles. The summed E-state index contributed by atoms with van der Waals surface area (Å²) in [5, 5.41) is 3.42. The zero-order chi connectivity index (χ0) is 8.93. The first-order chi connectivity index (χ1) is 6.47. The van der Waals surface area contributed by atoms with Crippen molar-refractivity contribution in [3.63, 3.8) is 0 Å². The third kappa shape index (κ3) is 2.55. The van der Waals surface area contributed by atoms with E-state index in [-0.39, 0.29) is 0 Å². The number of likely N-dealkylation sites (tertiary alicyclic amines) is 1. The second-order valence-corrected chi connectivity index (χ2v) is 4.10. The van der Waals surface area contributed by atoms with Gasteiger partial charge in [0.1, 0.15) is 0 Å². The van der Waals surface area contributed by atoms with Gasteiger partial charge in [0.05, 0.1) is 0 Å². The van der Waals surface area contributed by atoms with Crippen LogP contribution in [0.3, 0.4) is 0 Å². The molecule has 0 amide bonds. The smallest absolute Gasteiger partial charge is 0.0403 e. The molecule has 13 heavy (non-hydrogen) atoms. The summed E-state index contributed by atoms with van der Waals surface area (Å²) in [4.78, 5) is 2.63. The highest BCUT2D eigenvalue weighted by Crippen LogP contribution is 2.13. The third-order valence-electron chi connectivity index (χ3n) is 3.08. The number of rotatable bonds is 1. The van der Waals surface area contributed by atoms with E-state index in [1.807, 2.05) is 0 Å². The number of nitrogens with zero attached hydrogens (tertiary/aromatic N) is 1. The highest BCUT2D eigenvalue weighted by atomic mass is 15.2. The van der Waals surface area contributed by atoms with Gasteiger partial charge in [0.2, 0.25) is 0 Å². The van der Waals surface area contributed by atoms with Gasteiger partial charge >= 0.3 is 0 Å². The Morgan fingerprint density at radius 2 is 1.85 bits per heavy atom. The molecule has 2 aliphatic heterocycles. The fraction of sp³-hybridized carbons (Fsp3) is 0.818. The van der Waals surface area contributed by atoms with Gasteiger partial charge < -0.3 is 5.32 Å². The van der Waals surface area contributed by atoms with Crippen LogP contribution in [0, 0.1) is 0 Å². The zero-order valence-electron chi connectivity index (χ0n) is 8.34. The third-order valence-corrected chi connectivity index (χ3v) is 3.08. The molecule has 0 aromatic carbocycles. The summed E-state index contributed by atoms with van der Waals surface area (Å²) in [5.74, 6) is 0. The van der Waals surface area contributed by atoms with Crippen molar-refractivity contribution in [2.45, 2.75) is 31.7 Å². The summed E-state index contributed by atoms with van der Waals surface area (Å²) in [5.41, 5.74) is 0. The Kier molecular flexibility index (Phi) is 3.39. The molecule has 1 atom stereocenters. The Morgan fingerprint density at radius 3 is 2.46 bits per heavy atom. The largest absolute Gasteiger partial charge is 0.311 e. The average Bonchev–Trinajstić information content (AvgIpc) is 2.47. The van der Waals surface area contributed by atoms with Crippen molar-refractivity contribution in [3.05, 3.63) is 12.2 Å². The molecule has 0 bridgehead atoms. The molecular weight excluding hydrogens is 160 g/mol. The van der Waals surface area contributed by atoms with E-state index in [0.29, 0.717) is 6.04 Å². The van der Waals surface area contributed by atoms with Crippen LogP contribution in [-0.2, 0) is 0 Å². The summed E-state index contributed by atoms with van der Waals surface area (Å²) in [7, 11) is 0. The second kappa shape index (κ2) is 4.77. The van der Waals surface area contributed by atoms with E-state index in [2.05, 4.69) is 22.4 Å². The monoisotopic (exact) mass is 180 g/mol. The maximum Gasteiger partial charge on any atom is 0.0403 e. The minimum Gasteiger partial charge on any atom is -0.311 e. The van der Waals surface area contributed by atoms with Crippen molar-refractivity contribution >= 4 is 0 Å². The Labute approximate surface area is 81.0 Å². The average molecular weight is 180 g/mol. The predicted octanol–water partition coefficient (Wildman–Crippen LogP) is 1.39. The maximum absolute atomic E-state index is 3.42. The molecule has 2 aliphatic rings. The van der Waals surface area contributed by atoms with Crippen LogP contribution in [0.1, 0.15) is 25.7 Å². The lowest BCUT2D eigenvalue weighted by Crippen LogP contribution is -2.43. The van der Waals surface area contributed by atoms with Crippen LogP contribution in [0.15, 0.2) is 12.2 Å². The highest BCUT2D eigenvalue weighted by Gasteiger charge is 2.17. The van der Waals surface area contributed by atoms with Gasteiger partial charge in [-0.15, -0.1) is 0 Å². The van der Waals surface area contributed by atoms with Crippen LogP contribution >= 0.6 is 0 Å². The zero-order valence-corrected chi connectivity index (χ0v) is 8.34. The molecule has 2 rings (SSSR count). The molecule has 0 radical (unpaired) electrons. The lowest BCUT2D eigenvalue weighted by molar-refractivity contribution is 0.230. The van der Waals surface area contributed by atoms with Gasteiger partial charge in [-0.3, -0.25) is 4.90 Å². The van der Waals surface area contributed by atoms with E-state index in [9.17, 15) is 0 Å². The van der Waals surface area contributed by atoms with E-state index < -0.39 is 0 Å². The Bertz CT molecular complexity index is 169. The first kappa shape index (κ1) is 9.22. The lowest BCUT2D eigenvalue weighted by Gasteiger charge is -2.30. The van der Waals surface area contributed by atoms with Gasteiger partial charge in [-0.2, -0.15) is 0 Å². The van der Waals surface area contributed by atoms with E-state index in [4.69, 9.17) is 0 Å². The van der Waals surface area contributed by atoms with Crippen LogP contribution in [0.5, 0.6) is 0 Å². The van der Waals surface area contributed by atoms with Gasteiger partial charge in [-0.05, 0) is 25.9 Å². The molecule has 0 aromatic heterocycles. The molecular formula is C11H20N2. The fourth-order valence-electron chi connectivity index (χ4n) is 2.29. The summed E-state index contributed by atoms with van der Waals surface area (Å²) in [6.45, 7) is 4.81. The topological polar surface area (TPSA) is 15.3 Å². The maximum atomic E-state index is 3.42. The molecule has 1 saturated heterocycles. The van der Waals surface area contributed by atoms with Crippen LogP contribution < -0.4 is 5.32 Å². The van der Waals surface area contributed by atoms with Crippen LogP contribution in [0.4, 0.5) is 0 Å². The first-order valence-corrected chi connectivity index (χ1v) is 5.58. The van der Waals surface area contributed by atoms with Crippen LogP contribution in [0.25, 0.3) is 0 Å². The molecule has 2 nitrogen and oxygen atoms in total. The molecule has 2 heteroatoms. The Hall–Kier alpha value is -0.340. The van der Waals surface area contributed by atoms with Gasteiger partial charge in [-0.25, -0.2) is 0 Å². The Morgan fingerprint density at radius 1 is 1.08 bits per heavy atom. The molecule has 1 unspecified atom stereocenters. The van der Waals surface area contributed by atoms with Gasteiger partial charge in [-0.1, -0.05) is 25.0 Å². The summed E-state index contributed by atoms with van der Waals surface area (Å²) in [6, 6.07) is 0.673. The number of hydrogen-bond acceptors (Lipinski definition) is 2. The summed E-state index contributed by atoms with van der Waals surface area (Å²) in [6.07, 6.45) is 10.3. The minimum absolute atomic E-state index is 0.673. The molecule has 0 aliphatic carbocycles. The number of nitrogens with one attached hydrogen (secondary N) is 1. The fourth-order valence-corrected chi connectivity index (χ4v) is 2.29. The quantitative estimate of drug-likeness (QED) is 0.613. The number of hydrogen-bond donors (Lipinski definition) is 1. The van der Waals surface area contributed by atoms with Gasteiger partial charge in [0.15, 0.2) is 0 Å². The van der Waals surface area contributed by atoms with Crippen molar-refractivity contribution in [1.82, 2.24) is 10.2 Å². The molecule has 74 valence electrons. The van der Waals surface area contributed by atoms with Crippen molar-refractivity contribution in [1.29, 1.82) is 0 Å². The lowest BCUT2D eigenvalue weighted by atomic mass is 10.1. The van der Waals surface area contributed by atoms with E-state index in [1.54, 1.807) is 0 Å². The minimum atomic E-state index is 0.673. The van der Waals surface area contributed by atoms with E-state index >= 15 is 0 Å². The first-order valence-electron chi connectivity index (χ1n) is 5.58. The molecule has 0 spiro atoms. The molecule has 2 heterocycles. The van der Waals surface area contributed by atoms with E-state index in [1.165, 1.54) is 38.8 Å². The van der Waals surface area contributed by atoms with Gasteiger partial charge in [0.25, 0.3) is 0 Å². The molecule has 1 N–H and O–H groups in total. The summed E-state index contributed by atoms with van der Waals surface area (Å²) < 4.78 is 0. The predicted molar refractivity (Wildman–Crippen MR) is 55.8 cm³/mol. The van der Waals surface area contributed by atoms with Crippen molar-refractivity contribution < 1.29 is 0 Å². The highest BCUT2D eigenvalue weighted by molar-refractivity contribution is 5.01. The van der Waals surface area contributed by atoms with Gasteiger partial charge in [0, 0.05) is 19.1 Å². The van der Waals surface area contributed by atoms with E-state index in [0.717, 1.165) is 13.1 Å². The summed E-state index contributed by atoms with van der Waals surface area (Å²) >= 11 is 0. The van der Waals surface area contributed by atoms with Crippen molar-refractivity contribution in [3.8, 4) is 0 Å². The molecule has 1 fully saturated rings. The Balaban J connectivity index is 1.89. The van der Waals surface area contributed by atoms with Crippen molar-refractivity contribution in [2.24, 2.45) is 0 Å². The molecule has 0 aromatic rings. The van der Waals surface area contributed by atoms with Crippen molar-refractivity contribution in [2.75, 3.05) is 26.2 Å². The second-order valence-electron chi connectivity index (χ2n) is 4.10.